The smallest absolute Gasteiger partial charge is 0.122 e. The molecule has 0 radical (unpaired) electrons. The highest BCUT2D eigenvalue weighted by molar-refractivity contribution is 6.31. The van der Waals surface area contributed by atoms with Crippen molar-refractivity contribution < 1.29 is 24.9 Å². The lowest BCUT2D eigenvalue weighted by molar-refractivity contribution is -0.179. The van der Waals surface area contributed by atoms with Crippen LogP contribution in [0.5, 0.6) is 0 Å². The van der Waals surface area contributed by atoms with Gasteiger partial charge in [0.1, 0.15) is 18.3 Å². The summed E-state index contributed by atoms with van der Waals surface area (Å²) < 4.78 is 5.83. The van der Waals surface area contributed by atoms with E-state index in [-0.39, 0.29) is 19.1 Å². The molecular weight excluding hydrogens is 442 g/mol. The third kappa shape index (κ3) is 6.78. The molecule has 1 fully saturated rings. The van der Waals surface area contributed by atoms with E-state index in [9.17, 15) is 15.3 Å². The number of benzene rings is 2. The van der Waals surface area contributed by atoms with Gasteiger partial charge in [-0.05, 0) is 55.0 Å². The van der Waals surface area contributed by atoms with Crippen molar-refractivity contribution in [3.8, 4) is 0 Å². The quantitative estimate of drug-likeness (QED) is 0.369. The Morgan fingerprint density at radius 1 is 1.18 bits per heavy atom. The number of rotatable bonds is 9. The van der Waals surface area contributed by atoms with Crippen LogP contribution in [0.4, 0.5) is 0 Å². The molecule has 0 aliphatic carbocycles. The first kappa shape index (κ1) is 25.7. The van der Waals surface area contributed by atoms with E-state index in [1.54, 1.807) is 12.1 Å². The number of hydrogen-bond acceptors (Lipinski definition) is 6. The standard InChI is InChI=1S/C26H34ClNO5/c1-4-5-23(28-33-16(2)3)18-8-6-17(7-9-18)12-20-13-19(10-11-22(20)27)26-25(31)24(30)14-21(15-29)32-26/h6-11,13,16,21,24-26,29-31H,4-5,12,14-15H2,1-3H3. The fourth-order valence-electron chi connectivity index (χ4n) is 3.94. The van der Waals surface area contributed by atoms with Crippen molar-refractivity contribution in [1.82, 2.24) is 0 Å². The first-order chi connectivity index (χ1) is 15.8. The van der Waals surface area contributed by atoms with Crippen molar-refractivity contribution in [1.29, 1.82) is 0 Å². The molecule has 6 nitrogen and oxygen atoms in total. The molecule has 1 aliphatic rings. The van der Waals surface area contributed by atoms with Gasteiger partial charge in [-0.3, -0.25) is 0 Å². The topological polar surface area (TPSA) is 91.5 Å². The van der Waals surface area contributed by atoms with Crippen LogP contribution in [0.2, 0.25) is 5.02 Å². The second-order valence-corrected chi connectivity index (χ2v) is 9.23. The van der Waals surface area contributed by atoms with Crippen LogP contribution in [0.25, 0.3) is 0 Å². The molecule has 4 unspecified atom stereocenters. The Hall–Kier alpha value is -1.96. The largest absolute Gasteiger partial charge is 0.394 e. The zero-order valence-corrected chi connectivity index (χ0v) is 20.2. The Morgan fingerprint density at radius 3 is 2.55 bits per heavy atom. The summed E-state index contributed by atoms with van der Waals surface area (Å²) >= 11 is 6.47. The van der Waals surface area contributed by atoms with E-state index in [2.05, 4.69) is 24.2 Å². The molecule has 3 N–H and O–H groups in total. The van der Waals surface area contributed by atoms with Gasteiger partial charge < -0.3 is 24.9 Å². The van der Waals surface area contributed by atoms with Crippen LogP contribution >= 0.6 is 11.6 Å². The lowest BCUT2D eigenvalue weighted by Gasteiger charge is -2.37. The average molecular weight is 476 g/mol. The van der Waals surface area contributed by atoms with Crippen molar-refractivity contribution in [2.75, 3.05) is 6.61 Å². The molecule has 3 rings (SSSR count). The van der Waals surface area contributed by atoms with Crippen molar-refractivity contribution in [3.63, 3.8) is 0 Å². The van der Waals surface area contributed by atoms with Crippen molar-refractivity contribution >= 4 is 17.3 Å². The fraction of sp³-hybridized carbons (Fsp3) is 0.500. The monoisotopic (exact) mass is 475 g/mol. The van der Waals surface area contributed by atoms with Gasteiger partial charge in [0.2, 0.25) is 0 Å². The minimum Gasteiger partial charge on any atom is -0.394 e. The lowest BCUT2D eigenvalue weighted by Crippen LogP contribution is -2.44. The normalized spacial score (nSPS) is 23.7. The number of ether oxygens (including phenoxy) is 1. The Bertz CT molecular complexity index is 931. The molecule has 2 aromatic rings. The molecule has 7 heteroatoms. The van der Waals surface area contributed by atoms with Crippen LogP contribution in [0.1, 0.15) is 68.4 Å². The Labute approximate surface area is 200 Å². The molecule has 1 aliphatic heterocycles. The summed E-state index contributed by atoms with van der Waals surface area (Å²) in [5, 5.41) is 35.0. The van der Waals surface area contributed by atoms with Crippen LogP contribution in [-0.4, -0.2) is 52.1 Å². The minimum absolute atomic E-state index is 0.0333. The highest BCUT2D eigenvalue weighted by atomic mass is 35.5. The molecular formula is C26H34ClNO5. The maximum Gasteiger partial charge on any atom is 0.122 e. The van der Waals surface area contributed by atoms with E-state index in [1.165, 1.54) is 0 Å². The molecule has 180 valence electrons. The first-order valence-electron chi connectivity index (χ1n) is 11.5. The zero-order chi connectivity index (χ0) is 24.0. The fourth-order valence-corrected chi connectivity index (χ4v) is 4.12. The van der Waals surface area contributed by atoms with Crippen LogP contribution in [0.3, 0.4) is 0 Å². The summed E-state index contributed by atoms with van der Waals surface area (Å²) in [5.41, 5.74) is 4.65. The SMILES string of the molecule is CCCC(=NOC(C)C)c1ccc(Cc2cc(C3OC(CO)CC(O)C3O)ccc2Cl)cc1. The minimum atomic E-state index is -1.06. The second-order valence-electron chi connectivity index (χ2n) is 8.82. The number of hydrogen-bond donors (Lipinski definition) is 3. The van der Waals surface area contributed by atoms with Crippen molar-refractivity contribution in [2.45, 2.75) is 77.0 Å². The molecule has 0 spiro atoms. The summed E-state index contributed by atoms with van der Waals surface area (Å²) in [4.78, 5) is 5.46. The highest BCUT2D eigenvalue weighted by Crippen LogP contribution is 2.34. The van der Waals surface area contributed by atoms with Crippen LogP contribution < -0.4 is 0 Å². The van der Waals surface area contributed by atoms with Gasteiger partial charge in [0.25, 0.3) is 0 Å². The Balaban J connectivity index is 1.79. The van der Waals surface area contributed by atoms with E-state index < -0.39 is 24.4 Å². The van der Waals surface area contributed by atoms with Gasteiger partial charge >= 0.3 is 0 Å². The predicted molar refractivity (Wildman–Crippen MR) is 130 cm³/mol. The molecule has 0 amide bonds. The summed E-state index contributed by atoms with van der Waals surface area (Å²) in [6.45, 7) is 5.81. The number of halogens is 1. The van der Waals surface area contributed by atoms with Gasteiger partial charge in [0.15, 0.2) is 0 Å². The predicted octanol–water partition coefficient (Wildman–Crippen LogP) is 4.40. The average Bonchev–Trinajstić information content (AvgIpc) is 2.80. The van der Waals surface area contributed by atoms with Crippen LogP contribution in [0, 0.1) is 0 Å². The molecule has 0 aromatic heterocycles. The van der Waals surface area contributed by atoms with Crippen molar-refractivity contribution in [2.24, 2.45) is 5.16 Å². The van der Waals surface area contributed by atoms with E-state index in [4.69, 9.17) is 21.2 Å². The second kappa shape index (κ2) is 12.0. The maximum absolute atomic E-state index is 10.4. The summed E-state index contributed by atoms with van der Waals surface area (Å²) in [5.74, 6) is 0. The molecule has 1 heterocycles. The molecule has 1 saturated heterocycles. The number of aliphatic hydroxyl groups is 3. The Kier molecular flexibility index (Phi) is 9.29. The van der Waals surface area contributed by atoms with Crippen molar-refractivity contribution in [3.05, 3.63) is 69.7 Å². The van der Waals surface area contributed by atoms with Gasteiger partial charge in [-0.1, -0.05) is 66.5 Å². The first-order valence-corrected chi connectivity index (χ1v) is 11.9. The number of nitrogens with zero attached hydrogens (tertiary/aromatic N) is 1. The number of aliphatic hydroxyl groups excluding tert-OH is 3. The van der Waals surface area contributed by atoms with E-state index in [0.717, 1.165) is 40.8 Å². The third-order valence-electron chi connectivity index (χ3n) is 5.69. The van der Waals surface area contributed by atoms with Gasteiger partial charge in [0.05, 0.1) is 24.5 Å². The summed E-state index contributed by atoms with van der Waals surface area (Å²) in [6.07, 6.45) is -0.605. The van der Waals surface area contributed by atoms with E-state index >= 15 is 0 Å². The van der Waals surface area contributed by atoms with E-state index in [1.807, 2.05) is 32.0 Å². The zero-order valence-electron chi connectivity index (χ0n) is 19.4. The molecule has 0 bridgehead atoms. The van der Waals surface area contributed by atoms with Gasteiger partial charge in [-0.2, -0.15) is 0 Å². The van der Waals surface area contributed by atoms with Crippen LogP contribution in [-0.2, 0) is 16.0 Å². The molecule has 0 saturated carbocycles. The molecule has 33 heavy (non-hydrogen) atoms. The molecule has 2 aromatic carbocycles. The highest BCUT2D eigenvalue weighted by Gasteiger charge is 2.37. The Morgan fingerprint density at radius 2 is 1.91 bits per heavy atom. The van der Waals surface area contributed by atoms with Gasteiger partial charge in [-0.25, -0.2) is 0 Å². The lowest BCUT2D eigenvalue weighted by atomic mass is 9.91. The molecule has 4 atom stereocenters. The van der Waals surface area contributed by atoms with Gasteiger partial charge in [0, 0.05) is 11.4 Å². The van der Waals surface area contributed by atoms with E-state index in [0.29, 0.717) is 11.4 Å². The van der Waals surface area contributed by atoms with Crippen LogP contribution in [0.15, 0.2) is 47.6 Å². The number of oxime groups is 1. The summed E-state index contributed by atoms with van der Waals surface area (Å²) in [6, 6.07) is 13.7. The maximum atomic E-state index is 10.4. The summed E-state index contributed by atoms with van der Waals surface area (Å²) in [7, 11) is 0. The van der Waals surface area contributed by atoms with Gasteiger partial charge in [-0.15, -0.1) is 0 Å². The third-order valence-corrected chi connectivity index (χ3v) is 6.06.